The zero-order valence-corrected chi connectivity index (χ0v) is 13.0. The molecule has 0 saturated heterocycles. The highest BCUT2D eigenvalue weighted by atomic mass is 32.2. The molecule has 0 saturated carbocycles. The maximum absolute atomic E-state index is 12.4. The summed E-state index contributed by atoms with van der Waals surface area (Å²) in [5.41, 5.74) is 0.740. The second-order valence-corrected chi connectivity index (χ2v) is 5.60. The minimum Gasteiger partial charge on any atom is -0.497 e. The number of ether oxygens (including phenoxy) is 1. The quantitative estimate of drug-likeness (QED) is 0.808. The summed E-state index contributed by atoms with van der Waals surface area (Å²) in [5.74, 6) is -0.794. The average molecular weight is 341 g/mol. The molecule has 0 heterocycles. The van der Waals surface area contributed by atoms with Crippen LogP contribution in [0.4, 0.5) is 18.9 Å². The number of para-hydroxylation sites is 1. The van der Waals surface area contributed by atoms with Crippen LogP contribution in [0.25, 0.3) is 0 Å². The zero-order chi connectivity index (χ0) is 16.9. The Balaban J connectivity index is 2.11. The lowest BCUT2D eigenvalue weighted by Gasteiger charge is -2.12. The van der Waals surface area contributed by atoms with Gasteiger partial charge in [0.25, 0.3) is 5.91 Å². The van der Waals surface area contributed by atoms with Crippen molar-refractivity contribution in [3.63, 3.8) is 0 Å². The molecule has 0 aliphatic carbocycles. The fraction of sp³-hybridized carbons (Fsp3) is 0.188. The van der Waals surface area contributed by atoms with Crippen molar-refractivity contribution >= 4 is 23.4 Å². The van der Waals surface area contributed by atoms with Gasteiger partial charge in [0.05, 0.1) is 18.6 Å². The molecule has 2 aromatic rings. The molecule has 7 heteroatoms. The number of thioether (sulfide) groups is 1. The van der Waals surface area contributed by atoms with E-state index in [4.69, 9.17) is 4.74 Å². The number of amides is 1. The third-order valence-corrected chi connectivity index (χ3v) is 4.02. The smallest absolute Gasteiger partial charge is 0.398 e. The van der Waals surface area contributed by atoms with Gasteiger partial charge < -0.3 is 10.1 Å². The summed E-state index contributed by atoms with van der Waals surface area (Å²) in [6, 6.07) is 12.8. The number of hydrogen-bond acceptors (Lipinski definition) is 3. The monoisotopic (exact) mass is 341 g/mol. The van der Waals surface area contributed by atoms with Crippen LogP contribution >= 0.6 is 11.8 Å². The van der Waals surface area contributed by atoms with Crippen molar-refractivity contribution in [3.8, 4) is 5.75 Å². The molecular formula is C16H14F3NO2S. The molecule has 23 heavy (non-hydrogen) atoms. The lowest BCUT2D eigenvalue weighted by atomic mass is 10.2. The van der Waals surface area contributed by atoms with Crippen molar-refractivity contribution in [1.29, 1.82) is 0 Å². The van der Waals surface area contributed by atoms with E-state index >= 15 is 0 Å². The molecule has 0 radical (unpaired) electrons. The molecule has 1 N–H and O–H groups in total. The van der Waals surface area contributed by atoms with Gasteiger partial charge >= 0.3 is 6.18 Å². The van der Waals surface area contributed by atoms with Crippen molar-refractivity contribution in [1.82, 2.24) is 0 Å². The van der Waals surface area contributed by atoms with Crippen LogP contribution in [-0.2, 0) is 0 Å². The largest absolute Gasteiger partial charge is 0.497 e. The molecule has 0 aliphatic rings. The number of benzene rings is 2. The Hall–Kier alpha value is -2.15. The second kappa shape index (κ2) is 7.41. The third kappa shape index (κ3) is 5.21. The molecule has 0 fully saturated rings. The van der Waals surface area contributed by atoms with Gasteiger partial charge in [-0.15, -0.1) is 11.8 Å². The van der Waals surface area contributed by atoms with Crippen LogP contribution in [0.1, 0.15) is 10.4 Å². The van der Waals surface area contributed by atoms with E-state index in [1.165, 1.54) is 7.11 Å². The number of carbonyl (C=O) groups is 1. The summed E-state index contributed by atoms with van der Waals surface area (Å²) in [6.45, 7) is 0. The Morgan fingerprint density at radius 2 is 1.78 bits per heavy atom. The van der Waals surface area contributed by atoms with Crippen molar-refractivity contribution in [2.24, 2.45) is 0 Å². The van der Waals surface area contributed by atoms with E-state index in [9.17, 15) is 18.0 Å². The highest BCUT2D eigenvalue weighted by Crippen LogP contribution is 2.32. The van der Waals surface area contributed by atoms with Gasteiger partial charge in [0.15, 0.2) is 0 Å². The molecule has 0 atom stereocenters. The number of anilines is 1. The Kier molecular flexibility index (Phi) is 5.54. The molecule has 2 aromatic carbocycles. The summed E-state index contributed by atoms with van der Waals surface area (Å²) >= 11 is 0.638. The van der Waals surface area contributed by atoms with Crippen molar-refractivity contribution < 1.29 is 22.7 Å². The first kappa shape index (κ1) is 17.2. The predicted octanol–water partition coefficient (Wildman–Crippen LogP) is 4.60. The fourth-order valence-electron chi connectivity index (χ4n) is 1.79. The highest BCUT2D eigenvalue weighted by Gasteiger charge is 2.27. The summed E-state index contributed by atoms with van der Waals surface area (Å²) in [7, 11) is 1.52. The Morgan fingerprint density at radius 3 is 2.39 bits per heavy atom. The number of alkyl halides is 3. The minimum atomic E-state index is -4.27. The highest BCUT2D eigenvalue weighted by molar-refractivity contribution is 7.99. The number of rotatable bonds is 5. The van der Waals surface area contributed by atoms with E-state index in [1.807, 2.05) is 0 Å². The molecular weight excluding hydrogens is 327 g/mol. The van der Waals surface area contributed by atoms with Crippen LogP contribution in [0, 0.1) is 0 Å². The van der Waals surface area contributed by atoms with Crippen LogP contribution in [0.15, 0.2) is 53.4 Å². The lowest BCUT2D eigenvalue weighted by molar-refractivity contribution is -0.105. The topological polar surface area (TPSA) is 38.3 Å². The van der Waals surface area contributed by atoms with Gasteiger partial charge in [-0.05, 0) is 36.4 Å². The minimum absolute atomic E-state index is 0.350. The number of methoxy groups -OCH3 is 1. The van der Waals surface area contributed by atoms with E-state index in [-0.39, 0.29) is 0 Å². The summed E-state index contributed by atoms with van der Waals surface area (Å²) < 4.78 is 42.1. The summed E-state index contributed by atoms with van der Waals surface area (Å²) in [5, 5.41) is 2.63. The van der Waals surface area contributed by atoms with Crippen molar-refractivity contribution in [3.05, 3.63) is 54.1 Å². The fourth-order valence-corrected chi connectivity index (χ4v) is 2.56. The van der Waals surface area contributed by atoms with Crippen molar-refractivity contribution in [2.45, 2.75) is 11.1 Å². The van der Waals surface area contributed by atoms with Gasteiger partial charge in [-0.25, -0.2) is 0 Å². The molecule has 1 amide bonds. The van der Waals surface area contributed by atoms with Gasteiger partial charge in [0.2, 0.25) is 0 Å². The van der Waals surface area contributed by atoms with Gasteiger partial charge in [0, 0.05) is 10.5 Å². The molecule has 0 spiro atoms. The Labute approximate surface area is 135 Å². The maximum atomic E-state index is 12.4. The predicted molar refractivity (Wildman–Crippen MR) is 84.2 cm³/mol. The van der Waals surface area contributed by atoms with Crippen LogP contribution in [0.5, 0.6) is 5.75 Å². The summed E-state index contributed by atoms with van der Waals surface area (Å²) in [6.07, 6.45) is -4.27. The molecule has 0 aromatic heterocycles. The third-order valence-electron chi connectivity index (χ3n) is 2.88. The van der Waals surface area contributed by atoms with Gasteiger partial charge in [-0.2, -0.15) is 13.2 Å². The molecule has 2 rings (SSSR count). The standard InChI is InChI=1S/C16H14F3NO2S/c1-22-12-8-6-11(7-9-12)15(21)20-13-4-2-3-5-14(13)23-10-16(17,18)19/h2-9H,10H2,1H3,(H,20,21). The maximum Gasteiger partial charge on any atom is 0.398 e. The Bertz CT molecular complexity index is 672. The van der Waals surface area contributed by atoms with Crippen LogP contribution in [0.2, 0.25) is 0 Å². The summed E-state index contributed by atoms with van der Waals surface area (Å²) in [4.78, 5) is 12.6. The molecule has 3 nitrogen and oxygen atoms in total. The van der Waals surface area contributed by atoms with Crippen LogP contribution < -0.4 is 10.1 Å². The van der Waals surface area contributed by atoms with Gasteiger partial charge in [-0.1, -0.05) is 12.1 Å². The first-order valence-corrected chi connectivity index (χ1v) is 7.61. The molecule has 0 bridgehead atoms. The number of carbonyl (C=O) groups excluding carboxylic acids is 1. The van der Waals surface area contributed by atoms with Gasteiger partial charge in [-0.3, -0.25) is 4.79 Å². The SMILES string of the molecule is COc1ccc(C(=O)Nc2ccccc2SCC(F)(F)F)cc1. The zero-order valence-electron chi connectivity index (χ0n) is 12.2. The normalized spacial score (nSPS) is 11.1. The van der Waals surface area contributed by atoms with E-state index < -0.39 is 17.8 Å². The second-order valence-electron chi connectivity index (χ2n) is 4.58. The van der Waals surface area contributed by atoms with E-state index in [2.05, 4.69) is 5.32 Å². The molecule has 0 aliphatic heterocycles. The number of nitrogens with one attached hydrogen (secondary N) is 1. The molecule has 122 valence electrons. The Morgan fingerprint density at radius 1 is 1.13 bits per heavy atom. The average Bonchev–Trinajstić information content (AvgIpc) is 2.53. The van der Waals surface area contributed by atoms with Gasteiger partial charge in [0.1, 0.15) is 5.75 Å². The molecule has 0 unspecified atom stereocenters. The van der Waals surface area contributed by atoms with Crippen LogP contribution in [0.3, 0.4) is 0 Å². The van der Waals surface area contributed by atoms with E-state index in [0.29, 0.717) is 33.7 Å². The van der Waals surface area contributed by atoms with Crippen LogP contribution in [-0.4, -0.2) is 24.9 Å². The van der Waals surface area contributed by atoms with E-state index in [1.54, 1.807) is 48.5 Å². The van der Waals surface area contributed by atoms with E-state index in [0.717, 1.165) is 0 Å². The van der Waals surface area contributed by atoms with Crippen molar-refractivity contribution in [2.75, 3.05) is 18.2 Å². The lowest BCUT2D eigenvalue weighted by Crippen LogP contribution is -2.14. The number of hydrogen-bond donors (Lipinski definition) is 1. The first-order chi connectivity index (χ1) is 10.9. The number of halogens is 3. The first-order valence-electron chi connectivity index (χ1n) is 6.63.